The van der Waals surface area contributed by atoms with Crippen LogP contribution in [0.1, 0.15) is 5.56 Å². The molecule has 0 atom stereocenters. The molecule has 2 aromatic heterocycles. The Morgan fingerprint density at radius 1 is 1.21 bits per heavy atom. The summed E-state index contributed by atoms with van der Waals surface area (Å²) < 4.78 is 4.41. The van der Waals surface area contributed by atoms with E-state index in [0.29, 0.717) is 11.4 Å². The molecule has 3 aromatic rings. The van der Waals surface area contributed by atoms with Gasteiger partial charge in [-0.1, -0.05) is 23.7 Å². The van der Waals surface area contributed by atoms with Gasteiger partial charge in [0, 0.05) is 36.6 Å². The zero-order chi connectivity index (χ0) is 17.1. The Balaban J connectivity index is 1.78. The molecule has 7 heteroatoms. The summed E-state index contributed by atoms with van der Waals surface area (Å²) in [4.78, 5) is 6.30. The molecule has 0 aliphatic heterocycles. The van der Waals surface area contributed by atoms with Crippen LogP contribution in [-0.2, 0) is 20.3 Å². The molecule has 5 nitrogen and oxygen atoms in total. The molecule has 0 N–H and O–H groups in total. The summed E-state index contributed by atoms with van der Waals surface area (Å²) in [5.74, 6) is 0.813. The SMILES string of the molecule is CN(Cc1ccc(Cl)cc1)Cn1nc(-c2cccnc2)n(C)c1=S. The molecule has 0 fully saturated rings. The second-order valence-corrected chi connectivity index (χ2v) is 6.49. The van der Waals surface area contributed by atoms with Gasteiger partial charge in [-0.15, -0.1) is 0 Å². The maximum Gasteiger partial charge on any atom is 0.199 e. The third-order valence-electron chi connectivity index (χ3n) is 3.70. The van der Waals surface area contributed by atoms with Crippen molar-refractivity contribution < 1.29 is 0 Å². The fourth-order valence-corrected chi connectivity index (χ4v) is 2.82. The molecule has 0 radical (unpaired) electrons. The summed E-state index contributed by atoms with van der Waals surface area (Å²) in [6.45, 7) is 1.40. The molecule has 0 aliphatic rings. The van der Waals surface area contributed by atoms with Crippen LogP contribution in [0.4, 0.5) is 0 Å². The van der Waals surface area contributed by atoms with E-state index in [1.165, 1.54) is 5.56 Å². The number of hydrogen-bond donors (Lipinski definition) is 0. The lowest BCUT2D eigenvalue weighted by atomic mass is 10.2. The maximum absolute atomic E-state index is 5.93. The first-order valence-corrected chi connectivity index (χ1v) is 8.30. The molecule has 0 saturated carbocycles. The summed E-state index contributed by atoms with van der Waals surface area (Å²) >= 11 is 11.4. The van der Waals surface area contributed by atoms with E-state index in [4.69, 9.17) is 23.8 Å². The Hall–Kier alpha value is -2.02. The van der Waals surface area contributed by atoms with Gasteiger partial charge in [0.15, 0.2) is 10.6 Å². The first-order valence-electron chi connectivity index (χ1n) is 7.52. The maximum atomic E-state index is 5.93. The zero-order valence-electron chi connectivity index (χ0n) is 13.6. The smallest absolute Gasteiger partial charge is 0.199 e. The molecular formula is C17H18ClN5S. The fourth-order valence-electron chi connectivity index (χ4n) is 2.51. The van der Waals surface area contributed by atoms with Crippen molar-refractivity contribution in [2.45, 2.75) is 13.2 Å². The monoisotopic (exact) mass is 359 g/mol. The lowest BCUT2D eigenvalue weighted by Crippen LogP contribution is -2.22. The first kappa shape index (κ1) is 16.8. The summed E-state index contributed by atoms with van der Waals surface area (Å²) in [5.41, 5.74) is 2.14. The highest BCUT2D eigenvalue weighted by molar-refractivity contribution is 7.71. The Bertz CT molecular complexity index is 870. The lowest BCUT2D eigenvalue weighted by molar-refractivity contribution is 0.244. The van der Waals surface area contributed by atoms with Gasteiger partial charge in [-0.2, -0.15) is 5.10 Å². The molecule has 0 aliphatic carbocycles. The molecule has 0 spiro atoms. The van der Waals surface area contributed by atoms with Gasteiger partial charge in [0.2, 0.25) is 0 Å². The van der Waals surface area contributed by atoms with Gasteiger partial charge in [0.1, 0.15) is 0 Å². The molecular weight excluding hydrogens is 342 g/mol. The van der Waals surface area contributed by atoms with Crippen LogP contribution in [0.15, 0.2) is 48.8 Å². The van der Waals surface area contributed by atoms with Crippen molar-refractivity contribution in [3.05, 3.63) is 64.1 Å². The fraction of sp³-hybridized carbons (Fsp3) is 0.235. The molecule has 0 amide bonds. The minimum atomic E-state index is 0.607. The van der Waals surface area contributed by atoms with E-state index < -0.39 is 0 Å². The van der Waals surface area contributed by atoms with Crippen LogP contribution < -0.4 is 0 Å². The summed E-state index contributed by atoms with van der Waals surface area (Å²) in [6.07, 6.45) is 3.54. The van der Waals surface area contributed by atoms with Gasteiger partial charge in [0.25, 0.3) is 0 Å². The number of halogens is 1. The molecule has 124 valence electrons. The van der Waals surface area contributed by atoms with Crippen molar-refractivity contribution in [1.82, 2.24) is 24.2 Å². The van der Waals surface area contributed by atoms with Gasteiger partial charge in [0.05, 0.1) is 6.67 Å². The van der Waals surface area contributed by atoms with Gasteiger partial charge in [-0.3, -0.25) is 9.88 Å². The standard InChI is InChI=1S/C17H18ClN5S/c1-21(11-13-5-7-15(18)8-6-13)12-23-17(24)22(2)16(20-23)14-4-3-9-19-10-14/h3-10H,11-12H2,1-2H3. The molecule has 0 bridgehead atoms. The second kappa shape index (κ2) is 7.25. The van der Waals surface area contributed by atoms with Crippen LogP contribution in [0, 0.1) is 4.77 Å². The highest BCUT2D eigenvalue weighted by Gasteiger charge is 2.11. The van der Waals surface area contributed by atoms with Crippen molar-refractivity contribution in [1.29, 1.82) is 0 Å². The first-order chi connectivity index (χ1) is 11.5. The molecule has 2 heterocycles. The van der Waals surface area contributed by atoms with Crippen LogP contribution in [0.3, 0.4) is 0 Å². The minimum Gasteiger partial charge on any atom is -0.303 e. The van der Waals surface area contributed by atoms with Gasteiger partial charge in [-0.05, 0) is 49.1 Å². The number of pyridine rings is 1. The molecule has 0 unspecified atom stereocenters. The molecule has 0 saturated heterocycles. The number of hydrogen-bond acceptors (Lipinski definition) is 4. The number of aromatic nitrogens is 4. The quantitative estimate of drug-likeness (QED) is 0.650. The highest BCUT2D eigenvalue weighted by Crippen LogP contribution is 2.16. The summed E-state index contributed by atoms with van der Waals surface area (Å²) in [5, 5.41) is 5.39. The van der Waals surface area contributed by atoms with Gasteiger partial charge >= 0.3 is 0 Å². The van der Waals surface area contributed by atoms with E-state index in [0.717, 1.165) is 23.0 Å². The third kappa shape index (κ3) is 3.72. The Morgan fingerprint density at radius 2 is 1.96 bits per heavy atom. The van der Waals surface area contributed by atoms with Crippen molar-refractivity contribution >= 4 is 23.8 Å². The predicted octanol–water partition coefficient (Wildman–Crippen LogP) is 3.76. The van der Waals surface area contributed by atoms with Crippen LogP contribution >= 0.6 is 23.8 Å². The third-order valence-corrected chi connectivity index (χ3v) is 4.44. The lowest BCUT2D eigenvalue weighted by Gasteiger charge is -2.16. The predicted molar refractivity (Wildman–Crippen MR) is 98.2 cm³/mol. The van der Waals surface area contributed by atoms with Crippen molar-refractivity contribution in [3.8, 4) is 11.4 Å². The molecule has 1 aromatic carbocycles. The van der Waals surface area contributed by atoms with Crippen molar-refractivity contribution in [2.24, 2.45) is 7.05 Å². The van der Waals surface area contributed by atoms with Crippen LogP contribution in [0.25, 0.3) is 11.4 Å². The van der Waals surface area contributed by atoms with E-state index in [1.807, 2.05) is 59.7 Å². The average molecular weight is 360 g/mol. The topological polar surface area (TPSA) is 38.9 Å². The number of nitrogens with zero attached hydrogens (tertiary/aromatic N) is 5. The van der Waals surface area contributed by atoms with Gasteiger partial charge < -0.3 is 4.57 Å². The normalized spacial score (nSPS) is 11.2. The summed E-state index contributed by atoms with van der Waals surface area (Å²) in [7, 11) is 3.96. The van der Waals surface area contributed by atoms with Crippen LogP contribution in [-0.4, -0.2) is 31.3 Å². The van der Waals surface area contributed by atoms with E-state index >= 15 is 0 Å². The Labute approximate surface area is 151 Å². The van der Waals surface area contributed by atoms with Gasteiger partial charge in [-0.25, -0.2) is 4.68 Å². The average Bonchev–Trinajstić information content (AvgIpc) is 2.86. The zero-order valence-corrected chi connectivity index (χ0v) is 15.1. The summed E-state index contributed by atoms with van der Waals surface area (Å²) in [6, 6.07) is 11.7. The largest absolute Gasteiger partial charge is 0.303 e. The van der Waals surface area contributed by atoms with Crippen LogP contribution in [0.5, 0.6) is 0 Å². The Kier molecular flexibility index (Phi) is 5.08. The number of benzene rings is 1. The number of rotatable bonds is 5. The van der Waals surface area contributed by atoms with Crippen molar-refractivity contribution in [3.63, 3.8) is 0 Å². The Morgan fingerprint density at radius 3 is 2.62 bits per heavy atom. The van der Waals surface area contributed by atoms with E-state index in [1.54, 1.807) is 12.4 Å². The molecule has 3 rings (SSSR count). The highest BCUT2D eigenvalue weighted by atomic mass is 35.5. The molecule has 24 heavy (non-hydrogen) atoms. The second-order valence-electron chi connectivity index (χ2n) is 5.69. The minimum absolute atomic E-state index is 0.607. The van der Waals surface area contributed by atoms with E-state index in [9.17, 15) is 0 Å². The van der Waals surface area contributed by atoms with Crippen molar-refractivity contribution in [2.75, 3.05) is 7.05 Å². The van der Waals surface area contributed by atoms with E-state index in [-0.39, 0.29) is 0 Å². The van der Waals surface area contributed by atoms with E-state index in [2.05, 4.69) is 15.0 Å². The van der Waals surface area contributed by atoms with Crippen LogP contribution in [0.2, 0.25) is 5.02 Å².